The molecule has 3 amide bonds. The first-order chi connectivity index (χ1) is 30.7. The van der Waals surface area contributed by atoms with Gasteiger partial charge in [0.15, 0.2) is 0 Å². The van der Waals surface area contributed by atoms with E-state index in [0.29, 0.717) is 48.2 Å². The van der Waals surface area contributed by atoms with Gasteiger partial charge in [-0.25, -0.2) is 14.8 Å². The number of hydrogen-bond acceptors (Lipinski definition) is 8. The van der Waals surface area contributed by atoms with Crippen LogP contribution in [0.4, 0.5) is 18.0 Å². The molecule has 2 aromatic heterocycles. The van der Waals surface area contributed by atoms with Gasteiger partial charge < -0.3 is 39.3 Å². The largest absolute Gasteiger partial charge is 0.488 e. The number of alkyl carbamates (subject to hydrolysis) is 1. The molecule has 64 heavy (non-hydrogen) atoms. The standard InChI is InChI=1S/C48H50F3N7O6/c1-25(2)26(3)45(59)58-22-32(48(49,50)51)18-39(58)43-52-20-37(54-43)30-11-13-33-31(16-30)24-64-40-19-34-29(17-35(33)40)12-14-36-42(34)55-44(53-36)38-15-27(23-62-4)21-57(38)46(60)41(56-47(61)63-5)28-9-7-6-8-10-28/h6-14,16-17,19-20,25-27,32,38-39,41H,15,18,21-24H2,1-5H3,(H,52,54)(H,53,55)(H,56,61)/t26-,27-,32-,38-,39-,41?/m0/s1. The van der Waals surface area contributed by atoms with Gasteiger partial charge >= 0.3 is 12.3 Å². The molecule has 0 spiro atoms. The number of ether oxygens (including phenoxy) is 3. The van der Waals surface area contributed by atoms with E-state index < -0.39 is 42.2 Å². The summed E-state index contributed by atoms with van der Waals surface area (Å²) in [6, 6.07) is 20.9. The van der Waals surface area contributed by atoms with Crippen molar-refractivity contribution >= 4 is 39.7 Å². The normalized spacial score (nSPS) is 20.6. The van der Waals surface area contributed by atoms with Crippen molar-refractivity contribution < 1.29 is 41.8 Å². The van der Waals surface area contributed by atoms with E-state index in [9.17, 15) is 27.6 Å². The molecule has 5 heterocycles. The molecule has 13 nitrogen and oxygen atoms in total. The van der Waals surface area contributed by atoms with Crippen LogP contribution in [-0.4, -0.2) is 87.7 Å². The maximum Gasteiger partial charge on any atom is 0.407 e. The van der Waals surface area contributed by atoms with E-state index in [1.165, 1.54) is 12.0 Å². The molecule has 3 aliphatic rings. The first-order valence-corrected chi connectivity index (χ1v) is 21.6. The Labute approximate surface area is 367 Å². The maximum atomic E-state index is 14.4. The van der Waals surface area contributed by atoms with Gasteiger partial charge in [0.1, 0.15) is 30.0 Å². The van der Waals surface area contributed by atoms with Crippen LogP contribution < -0.4 is 10.1 Å². The van der Waals surface area contributed by atoms with Gasteiger partial charge in [0.2, 0.25) is 5.91 Å². The molecule has 0 radical (unpaired) electrons. The van der Waals surface area contributed by atoms with Gasteiger partial charge in [0, 0.05) is 43.0 Å². The highest BCUT2D eigenvalue weighted by Gasteiger charge is 2.50. The first-order valence-electron chi connectivity index (χ1n) is 21.6. The van der Waals surface area contributed by atoms with Crippen molar-refractivity contribution in [2.24, 2.45) is 23.7 Å². The van der Waals surface area contributed by atoms with Gasteiger partial charge in [-0.2, -0.15) is 13.2 Å². The summed E-state index contributed by atoms with van der Waals surface area (Å²) in [5.74, 6) is -0.990. The third-order valence-corrected chi connectivity index (χ3v) is 13.2. The zero-order valence-corrected chi connectivity index (χ0v) is 36.2. The van der Waals surface area contributed by atoms with Gasteiger partial charge in [-0.15, -0.1) is 0 Å². The van der Waals surface area contributed by atoms with E-state index in [0.717, 1.165) is 44.1 Å². The number of rotatable bonds is 10. The lowest BCUT2D eigenvalue weighted by Gasteiger charge is -2.28. The van der Waals surface area contributed by atoms with Crippen LogP contribution in [0.5, 0.6) is 5.75 Å². The van der Waals surface area contributed by atoms with Crippen LogP contribution in [0.2, 0.25) is 0 Å². The zero-order chi connectivity index (χ0) is 45.0. The zero-order valence-electron chi connectivity index (χ0n) is 36.2. The van der Waals surface area contributed by atoms with Crippen LogP contribution in [0.25, 0.3) is 44.2 Å². The van der Waals surface area contributed by atoms with Crippen LogP contribution in [0, 0.1) is 23.7 Å². The summed E-state index contributed by atoms with van der Waals surface area (Å²) in [5.41, 5.74) is 6.39. The predicted molar refractivity (Wildman–Crippen MR) is 233 cm³/mol. The minimum absolute atomic E-state index is 0.0222. The van der Waals surface area contributed by atoms with Crippen LogP contribution in [0.15, 0.2) is 79.0 Å². The van der Waals surface area contributed by atoms with Crippen LogP contribution in [0.1, 0.15) is 74.5 Å². The number of halogens is 3. The first kappa shape index (κ1) is 42.9. The number of methoxy groups -OCH3 is 2. The maximum absolute atomic E-state index is 14.4. The number of benzene rings is 4. The van der Waals surface area contributed by atoms with Crippen molar-refractivity contribution in [2.45, 2.75) is 64.5 Å². The highest BCUT2D eigenvalue weighted by Crippen LogP contribution is 2.46. The molecule has 4 aromatic carbocycles. The fourth-order valence-electron chi connectivity index (χ4n) is 9.47. The Hall–Kier alpha value is -6.42. The Morgan fingerprint density at radius 2 is 1.66 bits per heavy atom. The van der Waals surface area contributed by atoms with Crippen molar-refractivity contribution in [3.8, 4) is 28.1 Å². The van der Waals surface area contributed by atoms with Gasteiger partial charge in [-0.05, 0) is 70.7 Å². The molecule has 6 atom stereocenters. The number of nitrogens with one attached hydrogen (secondary N) is 3. The molecular weight excluding hydrogens is 828 g/mol. The highest BCUT2D eigenvalue weighted by molar-refractivity contribution is 6.07. The molecule has 2 fully saturated rings. The molecule has 2 saturated heterocycles. The van der Waals surface area contributed by atoms with Crippen LogP contribution >= 0.6 is 0 Å². The topological polar surface area (TPSA) is 155 Å². The number of carbonyl (C=O) groups is 3. The van der Waals surface area contributed by atoms with Gasteiger partial charge in [0.25, 0.3) is 5.91 Å². The van der Waals surface area contributed by atoms with Crippen molar-refractivity contribution in [1.82, 2.24) is 35.1 Å². The Balaban J connectivity index is 0.997. The Kier molecular flexibility index (Phi) is 11.3. The van der Waals surface area contributed by atoms with Crippen molar-refractivity contribution in [1.29, 1.82) is 0 Å². The number of aromatic amines is 2. The number of imidazole rings is 2. The molecular formula is C48H50F3N7O6. The summed E-state index contributed by atoms with van der Waals surface area (Å²) in [5, 5.41) is 4.57. The molecule has 3 aliphatic heterocycles. The summed E-state index contributed by atoms with van der Waals surface area (Å²) in [4.78, 5) is 59.7. The molecule has 1 unspecified atom stereocenters. The minimum Gasteiger partial charge on any atom is -0.488 e. The average molecular weight is 878 g/mol. The lowest BCUT2D eigenvalue weighted by molar-refractivity contribution is -0.171. The molecule has 0 bridgehead atoms. The number of alkyl halides is 3. The van der Waals surface area contributed by atoms with Gasteiger partial charge in [-0.1, -0.05) is 69.3 Å². The molecule has 0 aliphatic carbocycles. The lowest BCUT2D eigenvalue weighted by Crippen LogP contribution is -2.43. The summed E-state index contributed by atoms with van der Waals surface area (Å²) in [6.45, 7) is 6.28. The number of hydrogen-bond donors (Lipinski definition) is 3. The molecule has 16 heteroatoms. The third-order valence-electron chi connectivity index (χ3n) is 13.2. The summed E-state index contributed by atoms with van der Waals surface area (Å²) < 4.78 is 58.7. The second-order valence-corrected chi connectivity index (χ2v) is 17.6. The number of H-pyrrole nitrogens is 2. The molecule has 3 N–H and O–H groups in total. The number of fused-ring (bicyclic) bond motifs is 6. The third kappa shape index (κ3) is 7.92. The average Bonchev–Trinajstić information content (AvgIpc) is 4.12. The van der Waals surface area contributed by atoms with Crippen LogP contribution in [-0.2, 0) is 25.7 Å². The molecule has 6 aromatic rings. The van der Waals surface area contributed by atoms with E-state index in [1.807, 2.05) is 68.4 Å². The quantitative estimate of drug-likeness (QED) is 0.123. The lowest BCUT2D eigenvalue weighted by atomic mass is 9.92. The van der Waals surface area contributed by atoms with Crippen molar-refractivity contribution in [2.75, 3.05) is 33.9 Å². The van der Waals surface area contributed by atoms with E-state index in [-0.39, 0.29) is 43.2 Å². The fraction of sp³-hybridized carbons (Fsp3) is 0.396. The summed E-state index contributed by atoms with van der Waals surface area (Å²) in [7, 11) is 2.90. The second kappa shape index (κ2) is 16.9. The van der Waals surface area contributed by atoms with E-state index >= 15 is 0 Å². The molecule has 9 rings (SSSR count). The summed E-state index contributed by atoms with van der Waals surface area (Å²) in [6.07, 6.45) is -3.18. The number of aromatic nitrogens is 4. The smallest absolute Gasteiger partial charge is 0.407 e. The Bertz CT molecular complexity index is 2730. The van der Waals surface area contributed by atoms with Gasteiger partial charge in [0.05, 0.1) is 54.6 Å². The SMILES string of the molecule is COC[C@H]1C[C@@H](c2nc3ccc4cc5c(cc4c3[nH]2)OCc2cc(-c3cnc([C@@H]4C[C@H](C(F)(F)F)CN4C(=O)[C@@H](C)C(C)C)[nH]3)ccc2-5)N(C(=O)C(NC(=O)OC)c2ccccc2)C1. The number of amides is 3. The second-order valence-electron chi connectivity index (χ2n) is 17.6. The Morgan fingerprint density at radius 3 is 2.39 bits per heavy atom. The Morgan fingerprint density at radius 1 is 0.891 bits per heavy atom. The number of nitrogens with zero attached hydrogens (tertiary/aromatic N) is 4. The summed E-state index contributed by atoms with van der Waals surface area (Å²) >= 11 is 0. The van der Waals surface area contributed by atoms with E-state index in [1.54, 1.807) is 37.3 Å². The minimum atomic E-state index is -4.43. The highest BCUT2D eigenvalue weighted by atomic mass is 19.4. The van der Waals surface area contributed by atoms with Gasteiger partial charge in [-0.3, -0.25) is 9.59 Å². The molecule has 0 saturated carbocycles. The monoisotopic (exact) mass is 877 g/mol. The number of carbonyl (C=O) groups excluding carboxylic acids is 3. The number of likely N-dealkylation sites (tertiary alicyclic amines) is 2. The van der Waals surface area contributed by atoms with Crippen molar-refractivity contribution in [3.05, 3.63) is 102 Å². The predicted octanol–water partition coefficient (Wildman–Crippen LogP) is 9.04. The molecule has 334 valence electrons. The van der Waals surface area contributed by atoms with E-state index in [4.69, 9.17) is 19.2 Å². The van der Waals surface area contributed by atoms with E-state index in [2.05, 4.69) is 26.3 Å². The van der Waals surface area contributed by atoms with Crippen molar-refractivity contribution in [3.63, 3.8) is 0 Å². The van der Waals surface area contributed by atoms with Crippen LogP contribution in [0.3, 0.4) is 0 Å². The fourth-order valence-corrected chi connectivity index (χ4v) is 9.47.